The van der Waals surface area contributed by atoms with Gasteiger partial charge in [-0.3, -0.25) is 0 Å². The normalized spacial score (nSPS) is 21.0. The Balaban J connectivity index is 1.81. The third-order valence-corrected chi connectivity index (χ3v) is 5.40. The first kappa shape index (κ1) is 18.9. The van der Waals surface area contributed by atoms with Gasteiger partial charge < -0.3 is 5.11 Å². The fourth-order valence-corrected chi connectivity index (χ4v) is 3.80. The maximum absolute atomic E-state index is 14.0. The van der Waals surface area contributed by atoms with Gasteiger partial charge in [0.15, 0.2) is 11.6 Å². The Morgan fingerprint density at radius 1 is 1.04 bits per heavy atom. The van der Waals surface area contributed by atoms with Crippen molar-refractivity contribution in [1.29, 1.82) is 0 Å². The number of hydrogen-bond donors (Lipinski definition) is 1. The molecule has 24 heavy (non-hydrogen) atoms. The van der Waals surface area contributed by atoms with Crippen LogP contribution in [0.15, 0.2) is 12.1 Å². The van der Waals surface area contributed by atoms with Crippen molar-refractivity contribution in [2.24, 2.45) is 11.8 Å². The summed E-state index contributed by atoms with van der Waals surface area (Å²) < 4.78 is 27.7. The van der Waals surface area contributed by atoms with Crippen LogP contribution >= 0.6 is 0 Å². The average molecular weight is 338 g/mol. The summed E-state index contributed by atoms with van der Waals surface area (Å²) in [6.07, 6.45) is 11.4. The molecule has 1 saturated carbocycles. The minimum absolute atomic E-state index is 0.294. The van der Waals surface area contributed by atoms with Gasteiger partial charge in [-0.25, -0.2) is 13.6 Å². The lowest BCUT2D eigenvalue weighted by atomic mass is 9.77. The Morgan fingerprint density at radius 3 is 2.25 bits per heavy atom. The van der Waals surface area contributed by atoms with E-state index in [-0.39, 0.29) is 0 Å². The molecule has 0 bridgehead atoms. The zero-order valence-corrected chi connectivity index (χ0v) is 14.5. The largest absolute Gasteiger partial charge is 0.478 e. The quantitative estimate of drug-likeness (QED) is 0.592. The summed E-state index contributed by atoms with van der Waals surface area (Å²) in [6.45, 7) is 2.22. The van der Waals surface area contributed by atoms with Gasteiger partial charge in [0.25, 0.3) is 0 Å². The maximum Gasteiger partial charge on any atom is 0.338 e. The van der Waals surface area contributed by atoms with E-state index in [4.69, 9.17) is 5.11 Å². The molecule has 0 radical (unpaired) electrons. The molecule has 0 heterocycles. The molecule has 1 aliphatic carbocycles. The zero-order chi connectivity index (χ0) is 17.5. The first-order valence-electron chi connectivity index (χ1n) is 9.23. The molecule has 1 N–H and O–H groups in total. The van der Waals surface area contributed by atoms with Crippen molar-refractivity contribution in [2.75, 3.05) is 0 Å². The van der Waals surface area contributed by atoms with Crippen molar-refractivity contribution in [1.82, 2.24) is 0 Å². The number of unbranched alkanes of at least 4 members (excludes halogenated alkanes) is 2. The number of hydrogen-bond acceptors (Lipinski definition) is 1. The molecule has 1 aromatic carbocycles. The van der Waals surface area contributed by atoms with Gasteiger partial charge in [0, 0.05) is 0 Å². The molecule has 0 unspecified atom stereocenters. The highest BCUT2D eigenvalue weighted by atomic mass is 19.2. The number of aromatic carboxylic acids is 1. The number of benzene rings is 1. The number of rotatable bonds is 8. The third kappa shape index (κ3) is 5.02. The molecule has 1 aliphatic rings. The predicted octanol–water partition coefficient (Wildman–Crippen LogP) is 5.98. The summed E-state index contributed by atoms with van der Waals surface area (Å²) >= 11 is 0. The third-order valence-electron chi connectivity index (χ3n) is 5.40. The van der Waals surface area contributed by atoms with Gasteiger partial charge in [0.2, 0.25) is 0 Å². The lowest BCUT2D eigenvalue weighted by molar-refractivity contribution is 0.0690. The van der Waals surface area contributed by atoms with E-state index in [0.29, 0.717) is 17.9 Å². The van der Waals surface area contributed by atoms with Gasteiger partial charge in [-0.05, 0) is 36.3 Å². The Hall–Kier alpha value is -1.45. The van der Waals surface area contributed by atoms with Crippen LogP contribution in [0.4, 0.5) is 8.78 Å². The molecule has 0 aromatic heterocycles. The summed E-state index contributed by atoms with van der Waals surface area (Å²) in [5, 5.41) is 8.81. The Bertz CT molecular complexity index is 549. The molecular weight excluding hydrogens is 310 g/mol. The van der Waals surface area contributed by atoms with Crippen LogP contribution in [0.1, 0.15) is 80.6 Å². The lowest BCUT2D eigenvalue weighted by Crippen LogP contribution is -2.15. The van der Waals surface area contributed by atoms with Crippen LogP contribution in [0.5, 0.6) is 0 Å². The molecule has 0 aliphatic heterocycles. The van der Waals surface area contributed by atoms with Crippen molar-refractivity contribution in [2.45, 2.75) is 71.1 Å². The van der Waals surface area contributed by atoms with E-state index < -0.39 is 23.2 Å². The fourth-order valence-electron chi connectivity index (χ4n) is 3.80. The molecule has 2 nitrogen and oxygen atoms in total. The highest BCUT2D eigenvalue weighted by molar-refractivity contribution is 5.88. The standard InChI is InChI=1S/C20H28F2O2/c1-2-3-4-5-14-6-8-15(9-7-14)10-11-16-12-13-17(20(23)24)19(22)18(16)21/h12-15H,2-11H2,1H3,(H,23,24). The highest BCUT2D eigenvalue weighted by Crippen LogP contribution is 2.34. The molecule has 2 rings (SSSR count). The first-order chi connectivity index (χ1) is 11.5. The Morgan fingerprint density at radius 2 is 1.67 bits per heavy atom. The topological polar surface area (TPSA) is 37.3 Å². The second-order valence-corrected chi connectivity index (χ2v) is 7.13. The second kappa shape index (κ2) is 9.14. The van der Waals surface area contributed by atoms with Crippen LogP contribution in [0.2, 0.25) is 0 Å². The smallest absolute Gasteiger partial charge is 0.338 e. The Kier molecular flexibility index (Phi) is 7.19. The molecule has 4 heteroatoms. The SMILES string of the molecule is CCCCCC1CCC(CCc2ccc(C(=O)O)c(F)c2F)CC1. The summed E-state index contributed by atoms with van der Waals surface area (Å²) in [5.41, 5.74) is -0.300. The molecule has 0 atom stereocenters. The second-order valence-electron chi connectivity index (χ2n) is 7.13. The van der Waals surface area contributed by atoms with Crippen LogP contribution in [-0.4, -0.2) is 11.1 Å². The number of carboxylic acids is 1. The van der Waals surface area contributed by atoms with Crippen molar-refractivity contribution in [3.63, 3.8) is 0 Å². The minimum Gasteiger partial charge on any atom is -0.478 e. The molecule has 0 saturated heterocycles. The fraction of sp³-hybridized carbons (Fsp3) is 0.650. The lowest BCUT2D eigenvalue weighted by Gasteiger charge is -2.28. The van der Waals surface area contributed by atoms with E-state index >= 15 is 0 Å². The van der Waals surface area contributed by atoms with Gasteiger partial charge in [-0.15, -0.1) is 0 Å². The first-order valence-corrected chi connectivity index (χ1v) is 9.23. The molecular formula is C20H28F2O2. The summed E-state index contributed by atoms with van der Waals surface area (Å²) in [5.74, 6) is -2.24. The van der Waals surface area contributed by atoms with E-state index in [1.807, 2.05) is 0 Å². The van der Waals surface area contributed by atoms with Crippen LogP contribution < -0.4 is 0 Å². The average Bonchev–Trinajstić information content (AvgIpc) is 2.57. The number of carboxylic acid groups (broad SMARTS) is 1. The van der Waals surface area contributed by atoms with Crippen LogP contribution in [0.3, 0.4) is 0 Å². The summed E-state index contributed by atoms with van der Waals surface area (Å²) in [4.78, 5) is 10.8. The maximum atomic E-state index is 14.0. The minimum atomic E-state index is -1.43. The van der Waals surface area contributed by atoms with Crippen molar-refractivity contribution >= 4 is 5.97 Å². The van der Waals surface area contributed by atoms with Gasteiger partial charge in [-0.1, -0.05) is 64.4 Å². The van der Waals surface area contributed by atoms with Crippen molar-refractivity contribution in [3.8, 4) is 0 Å². The molecule has 0 amide bonds. The number of aryl methyl sites for hydroxylation is 1. The monoisotopic (exact) mass is 338 g/mol. The van der Waals surface area contributed by atoms with Crippen LogP contribution in [0, 0.1) is 23.5 Å². The number of halogens is 2. The molecule has 134 valence electrons. The number of carbonyl (C=O) groups is 1. The predicted molar refractivity (Wildman–Crippen MR) is 91.2 cm³/mol. The summed E-state index contributed by atoms with van der Waals surface area (Å²) in [7, 11) is 0. The van der Waals surface area contributed by atoms with E-state index in [9.17, 15) is 13.6 Å². The van der Waals surface area contributed by atoms with E-state index in [1.165, 1.54) is 63.5 Å². The van der Waals surface area contributed by atoms with Gasteiger partial charge in [0.05, 0.1) is 5.56 Å². The Labute approximate surface area is 143 Å². The van der Waals surface area contributed by atoms with Crippen LogP contribution in [0.25, 0.3) is 0 Å². The molecule has 0 spiro atoms. The van der Waals surface area contributed by atoms with E-state index in [0.717, 1.165) is 12.3 Å². The molecule has 1 aromatic rings. The van der Waals surface area contributed by atoms with E-state index in [2.05, 4.69) is 6.92 Å². The van der Waals surface area contributed by atoms with Gasteiger partial charge in [0.1, 0.15) is 0 Å². The van der Waals surface area contributed by atoms with Crippen LogP contribution in [-0.2, 0) is 6.42 Å². The van der Waals surface area contributed by atoms with Gasteiger partial charge in [-0.2, -0.15) is 0 Å². The van der Waals surface area contributed by atoms with Crippen molar-refractivity contribution in [3.05, 3.63) is 34.9 Å². The van der Waals surface area contributed by atoms with E-state index in [1.54, 1.807) is 0 Å². The van der Waals surface area contributed by atoms with Gasteiger partial charge >= 0.3 is 5.97 Å². The highest BCUT2D eigenvalue weighted by Gasteiger charge is 2.22. The molecule has 1 fully saturated rings. The van der Waals surface area contributed by atoms with Crippen molar-refractivity contribution < 1.29 is 18.7 Å². The zero-order valence-electron chi connectivity index (χ0n) is 14.5. The summed E-state index contributed by atoms with van der Waals surface area (Å²) in [6, 6.07) is 2.58.